The molecule has 1 saturated heterocycles. The normalized spacial score (nSPS) is 14.5. The lowest BCUT2D eigenvalue weighted by molar-refractivity contribution is 0.0614. The van der Waals surface area contributed by atoms with Crippen LogP contribution in [-0.4, -0.2) is 72.3 Å². The van der Waals surface area contributed by atoms with Gasteiger partial charge in [-0.05, 0) is 54.6 Å². The van der Waals surface area contributed by atoms with E-state index in [1.54, 1.807) is 13.2 Å². The summed E-state index contributed by atoms with van der Waals surface area (Å²) in [6.07, 6.45) is 0. The third-order valence-corrected chi connectivity index (χ3v) is 5.60. The SMILES string of the molecule is COc1ccc(-c2cc(C(=O)N3CCN(CCOc4ccc(Cl)cc4)CC3)[nH]n2)cc1. The second-order valence-electron chi connectivity index (χ2n) is 7.33. The van der Waals surface area contributed by atoms with Crippen molar-refractivity contribution in [3.63, 3.8) is 0 Å². The number of ether oxygens (including phenoxy) is 2. The van der Waals surface area contributed by atoms with Crippen LogP contribution in [0.4, 0.5) is 0 Å². The van der Waals surface area contributed by atoms with E-state index in [0.717, 1.165) is 42.4 Å². The van der Waals surface area contributed by atoms with Crippen LogP contribution in [0.15, 0.2) is 54.6 Å². The molecule has 0 saturated carbocycles. The molecule has 2 aromatic carbocycles. The summed E-state index contributed by atoms with van der Waals surface area (Å²) >= 11 is 5.89. The van der Waals surface area contributed by atoms with Gasteiger partial charge in [0, 0.05) is 43.3 Å². The van der Waals surface area contributed by atoms with Gasteiger partial charge in [0.15, 0.2) is 0 Å². The monoisotopic (exact) mass is 440 g/mol. The molecule has 4 rings (SSSR count). The first-order valence-electron chi connectivity index (χ1n) is 10.2. The van der Waals surface area contributed by atoms with E-state index in [0.29, 0.717) is 30.4 Å². The fourth-order valence-electron chi connectivity index (χ4n) is 3.51. The van der Waals surface area contributed by atoms with Crippen LogP contribution in [0, 0.1) is 0 Å². The van der Waals surface area contributed by atoms with E-state index < -0.39 is 0 Å². The largest absolute Gasteiger partial charge is 0.497 e. The Hall–Kier alpha value is -3.03. The van der Waals surface area contributed by atoms with E-state index in [-0.39, 0.29) is 5.91 Å². The summed E-state index contributed by atoms with van der Waals surface area (Å²) < 4.78 is 10.9. The Morgan fingerprint density at radius 3 is 2.39 bits per heavy atom. The first kappa shape index (κ1) is 21.2. The predicted octanol–water partition coefficient (Wildman–Crippen LogP) is 3.58. The molecular formula is C23H25ClN4O3. The number of halogens is 1. The molecule has 0 radical (unpaired) electrons. The second-order valence-corrected chi connectivity index (χ2v) is 7.77. The fraction of sp³-hybridized carbons (Fsp3) is 0.304. The maximum Gasteiger partial charge on any atom is 0.271 e. The Kier molecular flexibility index (Phi) is 6.74. The summed E-state index contributed by atoms with van der Waals surface area (Å²) in [6.45, 7) is 4.40. The van der Waals surface area contributed by atoms with Gasteiger partial charge in [-0.1, -0.05) is 11.6 Å². The number of H-pyrrole nitrogens is 1. The van der Waals surface area contributed by atoms with Crippen LogP contribution in [0.5, 0.6) is 11.5 Å². The highest BCUT2D eigenvalue weighted by atomic mass is 35.5. The first-order valence-corrected chi connectivity index (χ1v) is 10.6. The molecular weight excluding hydrogens is 416 g/mol. The van der Waals surface area contributed by atoms with Gasteiger partial charge in [-0.25, -0.2) is 0 Å². The Morgan fingerprint density at radius 2 is 1.71 bits per heavy atom. The third kappa shape index (κ3) is 5.37. The quantitative estimate of drug-likeness (QED) is 0.608. The Bertz CT molecular complexity index is 996. The molecule has 0 aliphatic carbocycles. The van der Waals surface area contributed by atoms with Crippen LogP contribution >= 0.6 is 11.6 Å². The lowest BCUT2D eigenvalue weighted by Gasteiger charge is -2.34. The minimum Gasteiger partial charge on any atom is -0.497 e. The van der Waals surface area contributed by atoms with Crippen molar-refractivity contribution in [2.75, 3.05) is 46.4 Å². The zero-order chi connectivity index (χ0) is 21.6. The molecule has 162 valence electrons. The zero-order valence-electron chi connectivity index (χ0n) is 17.4. The summed E-state index contributed by atoms with van der Waals surface area (Å²) in [5.74, 6) is 1.57. The molecule has 0 unspecified atom stereocenters. The summed E-state index contributed by atoms with van der Waals surface area (Å²) in [5, 5.41) is 7.88. The molecule has 1 fully saturated rings. The number of rotatable bonds is 7. The van der Waals surface area contributed by atoms with Crippen LogP contribution in [0.1, 0.15) is 10.5 Å². The van der Waals surface area contributed by atoms with E-state index >= 15 is 0 Å². The van der Waals surface area contributed by atoms with Gasteiger partial charge in [0.05, 0.1) is 12.8 Å². The Morgan fingerprint density at radius 1 is 1.03 bits per heavy atom. The van der Waals surface area contributed by atoms with Gasteiger partial charge in [-0.2, -0.15) is 5.10 Å². The third-order valence-electron chi connectivity index (χ3n) is 5.34. The highest BCUT2D eigenvalue weighted by molar-refractivity contribution is 6.30. The number of hydrogen-bond acceptors (Lipinski definition) is 5. The van der Waals surface area contributed by atoms with Crippen molar-refractivity contribution >= 4 is 17.5 Å². The van der Waals surface area contributed by atoms with Crippen molar-refractivity contribution in [3.8, 4) is 22.8 Å². The highest BCUT2D eigenvalue weighted by Crippen LogP contribution is 2.22. The minimum atomic E-state index is -0.0238. The van der Waals surface area contributed by atoms with Gasteiger partial charge < -0.3 is 14.4 Å². The summed E-state index contributed by atoms with van der Waals surface area (Å²) in [6, 6.07) is 16.8. The molecule has 1 amide bonds. The van der Waals surface area contributed by atoms with Crippen LogP contribution in [0.25, 0.3) is 11.3 Å². The molecule has 7 nitrogen and oxygen atoms in total. The van der Waals surface area contributed by atoms with Crippen molar-refractivity contribution in [2.45, 2.75) is 0 Å². The number of aromatic nitrogens is 2. The molecule has 0 spiro atoms. The molecule has 0 bridgehead atoms. The minimum absolute atomic E-state index is 0.0238. The number of carbonyl (C=O) groups excluding carboxylic acids is 1. The van der Waals surface area contributed by atoms with Gasteiger partial charge in [0.2, 0.25) is 0 Å². The van der Waals surface area contributed by atoms with Crippen molar-refractivity contribution < 1.29 is 14.3 Å². The summed E-state index contributed by atoms with van der Waals surface area (Å²) in [5.41, 5.74) is 2.18. The number of piperazine rings is 1. The van der Waals surface area contributed by atoms with Gasteiger partial charge in [-0.3, -0.25) is 14.8 Å². The number of carbonyl (C=O) groups is 1. The Labute approximate surface area is 186 Å². The maximum absolute atomic E-state index is 12.9. The van der Waals surface area contributed by atoms with E-state index in [2.05, 4.69) is 15.1 Å². The molecule has 0 atom stereocenters. The first-order chi connectivity index (χ1) is 15.1. The van der Waals surface area contributed by atoms with Gasteiger partial charge in [0.1, 0.15) is 23.8 Å². The molecule has 1 aromatic heterocycles. The van der Waals surface area contributed by atoms with Crippen LogP contribution in [0.3, 0.4) is 0 Å². The average Bonchev–Trinajstić information content (AvgIpc) is 3.31. The number of nitrogens with zero attached hydrogens (tertiary/aromatic N) is 3. The fourth-order valence-corrected chi connectivity index (χ4v) is 3.64. The Balaban J connectivity index is 1.25. The summed E-state index contributed by atoms with van der Waals surface area (Å²) in [4.78, 5) is 17.0. The highest BCUT2D eigenvalue weighted by Gasteiger charge is 2.23. The number of hydrogen-bond donors (Lipinski definition) is 1. The lowest BCUT2D eigenvalue weighted by Crippen LogP contribution is -2.49. The standard InChI is InChI=1S/C23H25ClN4O3/c1-30-19-6-2-17(3-7-19)21-16-22(26-25-21)23(29)28-12-10-27(11-13-28)14-15-31-20-8-4-18(24)5-9-20/h2-9,16H,10-15H2,1H3,(H,25,26). The molecule has 8 heteroatoms. The van der Waals surface area contributed by atoms with E-state index in [1.165, 1.54) is 0 Å². The van der Waals surface area contributed by atoms with Gasteiger partial charge in [0.25, 0.3) is 5.91 Å². The molecule has 1 N–H and O–H groups in total. The number of amides is 1. The molecule has 1 aliphatic heterocycles. The van der Waals surface area contributed by atoms with Crippen LogP contribution < -0.4 is 9.47 Å². The number of methoxy groups -OCH3 is 1. The van der Waals surface area contributed by atoms with Crippen LogP contribution in [0.2, 0.25) is 5.02 Å². The van der Waals surface area contributed by atoms with Crippen molar-refractivity contribution in [1.29, 1.82) is 0 Å². The van der Waals surface area contributed by atoms with Crippen molar-refractivity contribution in [2.24, 2.45) is 0 Å². The lowest BCUT2D eigenvalue weighted by atomic mass is 10.1. The topological polar surface area (TPSA) is 70.7 Å². The predicted molar refractivity (Wildman–Crippen MR) is 120 cm³/mol. The number of nitrogens with one attached hydrogen (secondary N) is 1. The summed E-state index contributed by atoms with van der Waals surface area (Å²) in [7, 11) is 1.63. The van der Waals surface area contributed by atoms with E-state index in [9.17, 15) is 4.79 Å². The maximum atomic E-state index is 12.9. The smallest absolute Gasteiger partial charge is 0.271 e. The van der Waals surface area contributed by atoms with Gasteiger partial charge in [-0.15, -0.1) is 0 Å². The zero-order valence-corrected chi connectivity index (χ0v) is 18.1. The number of aromatic amines is 1. The molecule has 1 aliphatic rings. The molecule has 2 heterocycles. The van der Waals surface area contributed by atoms with Crippen LogP contribution in [-0.2, 0) is 0 Å². The van der Waals surface area contributed by atoms with E-state index in [4.69, 9.17) is 21.1 Å². The van der Waals surface area contributed by atoms with Gasteiger partial charge >= 0.3 is 0 Å². The number of benzene rings is 2. The van der Waals surface area contributed by atoms with Crippen molar-refractivity contribution in [1.82, 2.24) is 20.0 Å². The van der Waals surface area contributed by atoms with Crippen molar-refractivity contribution in [3.05, 3.63) is 65.3 Å². The second kappa shape index (κ2) is 9.85. The molecule has 31 heavy (non-hydrogen) atoms. The molecule has 3 aromatic rings. The average molecular weight is 441 g/mol. The van der Waals surface area contributed by atoms with E-state index in [1.807, 2.05) is 53.4 Å².